The highest BCUT2D eigenvalue weighted by Crippen LogP contribution is 2.22. The molecule has 0 fully saturated rings. The van der Waals surface area contributed by atoms with Crippen LogP contribution in [0.25, 0.3) is 0 Å². The minimum Gasteiger partial charge on any atom is -0.397 e. The summed E-state index contributed by atoms with van der Waals surface area (Å²) in [4.78, 5) is 0. The van der Waals surface area contributed by atoms with Crippen molar-refractivity contribution in [3.8, 4) is 0 Å². The fraction of sp³-hybridized carbons (Fsp3) is 0.294. The quantitative estimate of drug-likeness (QED) is 0.785. The molecule has 2 rings (SSSR count). The molecule has 0 aliphatic heterocycles. The molecule has 0 saturated heterocycles. The van der Waals surface area contributed by atoms with Gasteiger partial charge in [-0.3, -0.25) is 0 Å². The fourth-order valence-electron chi connectivity index (χ4n) is 2.21. The van der Waals surface area contributed by atoms with E-state index >= 15 is 0 Å². The number of nitrogen functional groups attached to an aromatic ring is 1. The maximum Gasteiger partial charge on any atom is 0.0574 e. The third-order valence-electron chi connectivity index (χ3n) is 3.47. The number of hydrogen-bond acceptors (Lipinski definition) is 2. The highest BCUT2D eigenvalue weighted by Gasteiger charge is 2.05. The smallest absolute Gasteiger partial charge is 0.0574 e. The molecule has 2 nitrogen and oxygen atoms in total. The molecule has 1 unspecified atom stereocenters. The zero-order chi connectivity index (χ0) is 13.7. The van der Waals surface area contributed by atoms with Crippen LogP contribution in [0.2, 0.25) is 0 Å². The Bertz CT molecular complexity index is 520. The van der Waals surface area contributed by atoms with Gasteiger partial charge in [-0.25, -0.2) is 0 Å². The Balaban J connectivity index is 1.86. The van der Waals surface area contributed by atoms with E-state index in [1.807, 2.05) is 6.07 Å². The molecule has 0 heterocycles. The van der Waals surface area contributed by atoms with Gasteiger partial charge in [-0.1, -0.05) is 43.3 Å². The van der Waals surface area contributed by atoms with Crippen molar-refractivity contribution in [2.45, 2.75) is 26.2 Å². The number of rotatable bonds is 5. The van der Waals surface area contributed by atoms with Crippen LogP contribution in [0.4, 0.5) is 11.4 Å². The van der Waals surface area contributed by atoms with Crippen molar-refractivity contribution in [3.05, 3.63) is 59.7 Å². The highest BCUT2D eigenvalue weighted by molar-refractivity contribution is 5.66. The lowest BCUT2D eigenvalue weighted by Gasteiger charge is -2.14. The number of benzene rings is 2. The normalized spacial score (nSPS) is 12.1. The number of hydrogen-bond donors (Lipinski definition) is 2. The van der Waals surface area contributed by atoms with E-state index in [4.69, 9.17) is 5.73 Å². The first-order valence-electron chi connectivity index (χ1n) is 6.82. The number of nitrogens with two attached hydrogens (primary N) is 1. The Morgan fingerprint density at radius 1 is 1.11 bits per heavy atom. The molecule has 0 saturated carbocycles. The van der Waals surface area contributed by atoms with Crippen LogP contribution in [0.3, 0.4) is 0 Å². The molecule has 2 aromatic carbocycles. The molecular formula is C17H22N2. The second-order valence-corrected chi connectivity index (χ2v) is 5.12. The largest absolute Gasteiger partial charge is 0.397 e. The van der Waals surface area contributed by atoms with E-state index < -0.39 is 0 Å². The maximum absolute atomic E-state index is 5.99. The number of aryl methyl sites for hydroxylation is 1. The first-order valence-corrected chi connectivity index (χ1v) is 6.82. The van der Waals surface area contributed by atoms with E-state index in [1.54, 1.807) is 0 Å². The Labute approximate surface area is 115 Å². The van der Waals surface area contributed by atoms with Crippen LogP contribution < -0.4 is 11.1 Å². The van der Waals surface area contributed by atoms with Crippen LogP contribution in [-0.2, 0) is 0 Å². The Hall–Kier alpha value is -1.96. The van der Waals surface area contributed by atoms with Crippen LogP contribution in [0.15, 0.2) is 48.5 Å². The van der Waals surface area contributed by atoms with Crippen molar-refractivity contribution in [2.75, 3.05) is 17.6 Å². The van der Waals surface area contributed by atoms with Gasteiger partial charge in [0.1, 0.15) is 0 Å². The molecule has 0 aromatic heterocycles. The SMILES string of the molecule is Cc1ccc(NCCC(C)c2ccccc2)c(N)c1. The Kier molecular flexibility index (Phi) is 4.45. The highest BCUT2D eigenvalue weighted by atomic mass is 14.9. The summed E-state index contributed by atoms with van der Waals surface area (Å²) in [6.07, 6.45) is 1.09. The van der Waals surface area contributed by atoms with Crippen molar-refractivity contribution in [1.82, 2.24) is 0 Å². The number of nitrogens with one attached hydrogen (secondary N) is 1. The second kappa shape index (κ2) is 6.28. The lowest BCUT2D eigenvalue weighted by Crippen LogP contribution is -2.07. The molecule has 0 aliphatic rings. The van der Waals surface area contributed by atoms with Gasteiger partial charge in [-0.2, -0.15) is 0 Å². The molecule has 19 heavy (non-hydrogen) atoms. The van der Waals surface area contributed by atoms with Crippen molar-refractivity contribution in [1.29, 1.82) is 0 Å². The van der Waals surface area contributed by atoms with E-state index in [0.29, 0.717) is 5.92 Å². The van der Waals surface area contributed by atoms with Gasteiger partial charge in [0.15, 0.2) is 0 Å². The third kappa shape index (κ3) is 3.75. The lowest BCUT2D eigenvalue weighted by molar-refractivity contribution is 0.706. The molecule has 1 atom stereocenters. The molecule has 0 amide bonds. The molecule has 0 bridgehead atoms. The van der Waals surface area contributed by atoms with E-state index in [1.165, 1.54) is 11.1 Å². The van der Waals surface area contributed by atoms with Gasteiger partial charge in [0.25, 0.3) is 0 Å². The molecule has 3 N–H and O–H groups in total. The summed E-state index contributed by atoms with van der Waals surface area (Å²) in [6, 6.07) is 16.8. The lowest BCUT2D eigenvalue weighted by atomic mass is 9.98. The van der Waals surface area contributed by atoms with Gasteiger partial charge < -0.3 is 11.1 Å². The first-order chi connectivity index (χ1) is 9.16. The molecule has 2 aromatic rings. The fourth-order valence-corrected chi connectivity index (χ4v) is 2.21. The van der Waals surface area contributed by atoms with Crippen LogP contribution in [0.1, 0.15) is 30.4 Å². The second-order valence-electron chi connectivity index (χ2n) is 5.12. The Morgan fingerprint density at radius 3 is 2.53 bits per heavy atom. The topological polar surface area (TPSA) is 38.0 Å². The maximum atomic E-state index is 5.99. The van der Waals surface area contributed by atoms with E-state index in [0.717, 1.165) is 24.3 Å². The van der Waals surface area contributed by atoms with Crippen LogP contribution in [-0.4, -0.2) is 6.54 Å². The Morgan fingerprint density at radius 2 is 1.84 bits per heavy atom. The van der Waals surface area contributed by atoms with Gasteiger partial charge in [0.05, 0.1) is 11.4 Å². The summed E-state index contributed by atoms with van der Waals surface area (Å²) in [7, 11) is 0. The van der Waals surface area contributed by atoms with Crippen molar-refractivity contribution in [3.63, 3.8) is 0 Å². The van der Waals surface area contributed by atoms with Gasteiger partial charge in [-0.15, -0.1) is 0 Å². The summed E-state index contributed by atoms with van der Waals surface area (Å²) in [6.45, 7) is 5.25. The summed E-state index contributed by atoms with van der Waals surface area (Å²) in [5.74, 6) is 0.556. The van der Waals surface area contributed by atoms with E-state index in [9.17, 15) is 0 Å². The third-order valence-corrected chi connectivity index (χ3v) is 3.47. The van der Waals surface area contributed by atoms with Gasteiger partial charge >= 0.3 is 0 Å². The van der Waals surface area contributed by atoms with Crippen molar-refractivity contribution >= 4 is 11.4 Å². The average Bonchev–Trinajstić information content (AvgIpc) is 2.42. The standard InChI is InChI=1S/C17H22N2/c1-13-8-9-17(16(18)12-13)19-11-10-14(2)15-6-4-3-5-7-15/h3-9,12,14,19H,10-11,18H2,1-2H3. The molecule has 0 spiro atoms. The van der Waals surface area contributed by atoms with Gasteiger partial charge in [-0.05, 0) is 42.5 Å². The minimum absolute atomic E-state index is 0.556. The van der Waals surface area contributed by atoms with E-state index in [-0.39, 0.29) is 0 Å². The number of anilines is 2. The first kappa shape index (κ1) is 13.5. The van der Waals surface area contributed by atoms with Crippen LogP contribution in [0.5, 0.6) is 0 Å². The van der Waals surface area contributed by atoms with Crippen LogP contribution >= 0.6 is 0 Å². The van der Waals surface area contributed by atoms with Gasteiger partial charge in [0, 0.05) is 6.54 Å². The molecule has 100 valence electrons. The molecule has 0 aliphatic carbocycles. The zero-order valence-corrected chi connectivity index (χ0v) is 11.7. The molecule has 0 radical (unpaired) electrons. The zero-order valence-electron chi connectivity index (χ0n) is 11.7. The van der Waals surface area contributed by atoms with Gasteiger partial charge in [0.2, 0.25) is 0 Å². The molecule has 2 heteroatoms. The predicted octanol–water partition coefficient (Wildman–Crippen LogP) is 4.18. The average molecular weight is 254 g/mol. The van der Waals surface area contributed by atoms with Crippen molar-refractivity contribution < 1.29 is 0 Å². The summed E-state index contributed by atoms with van der Waals surface area (Å²) in [5, 5.41) is 3.42. The van der Waals surface area contributed by atoms with Crippen LogP contribution in [0, 0.1) is 6.92 Å². The minimum atomic E-state index is 0.556. The summed E-state index contributed by atoms with van der Waals surface area (Å²) < 4.78 is 0. The predicted molar refractivity (Wildman–Crippen MR) is 83.6 cm³/mol. The summed E-state index contributed by atoms with van der Waals surface area (Å²) in [5.41, 5.74) is 10.4. The van der Waals surface area contributed by atoms with Crippen molar-refractivity contribution in [2.24, 2.45) is 0 Å². The monoisotopic (exact) mass is 254 g/mol. The summed E-state index contributed by atoms with van der Waals surface area (Å²) >= 11 is 0. The molecular weight excluding hydrogens is 232 g/mol. The van der Waals surface area contributed by atoms with E-state index in [2.05, 4.69) is 61.6 Å².